The minimum Gasteiger partial charge on any atom is -0.497 e. The normalized spacial score (nSPS) is 22.4. The number of amides is 1. The van der Waals surface area contributed by atoms with Crippen molar-refractivity contribution >= 4 is 5.91 Å². The third-order valence-corrected chi connectivity index (χ3v) is 7.44. The van der Waals surface area contributed by atoms with Crippen LogP contribution in [0, 0.1) is 5.41 Å². The average molecular weight is 395 g/mol. The van der Waals surface area contributed by atoms with Crippen LogP contribution in [0.4, 0.5) is 0 Å². The van der Waals surface area contributed by atoms with Crippen LogP contribution in [0.15, 0.2) is 30.5 Å². The zero-order chi connectivity index (χ0) is 20.2. The highest BCUT2D eigenvalue weighted by molar-refractivity contribution is 5.85. The second kappa shape index (κ2) is 6.59. The molecule has 0 radical (unpaired) electrons. The quantitative estimate of drug-likeness (QED) is 0.803. The van der Waals surface area contributed by atoms with Gasteiger partial charge in [0, 0.05) is 37.2 Å². The molecule has 29 heavy (non-hydrogen) atoms. The van der Waals surface area contributed by atoms with Crippen molar-refractivity contribution in [1.82, 2.24) is 19.4 Å². The van der Waals surface area contributed by atoms with Crippen molar-refractivity contribution in [3.05, 3.63) is 36.3 Å². The molecule has 2 fully saturated rings. The van der Waals surface area contributed by atoms with Crippen LogP contribution in [-0.4, -0.2) is 59.0 Å². The smallest absolute Gasteiger partial charge is 0.228 e. The highest BCUT2D eigenvalue weighted by Crippen LogP contribution is 2.48. The van der Waals surface area contributed by atoms with Crippen molar-refractivity contribution in [2.75, 3.05) is 33.8 Å². The SMILES string of the molecule is COc1ccc(-c2cnc3n2CCN(C)C32CCN(C(=O)C3(C)CC3)CC2)cc1. The summed E-state index contributed by atoms with van der Waals surface area (Å²) in [6, 6.07) is 8.21. The molecule has 1 saturated heterocycles. The van der Waals surface area contributed by atoms with Gasteiger partial charge in [-0.25, -0.2) is 4.98 Å². The van der Waals surface area contributed by atoms with Crippen molar-refractivity contribution < 1.29 is 9.53 Å². The van der Waals surface area contributed by atoms with E-state index in [0.717, 1.165) is 63.4 Å². The molecule has 0 unspecified atom stereocenters. The summed E-state index contributed by atoms with van der Waals surface area (Å²) in [5.41, 5.74) is 2.17. The number of hydrogen-bond acceptors (Lipinski definition) is 4. The first-order valence-corrected chi connectivity index (χ1v) is 10.7. The molecule has 1 saturated carbocycles. The van der Waals surface area contributed by atoms with E-state index < -0.39 is 0 Å². The van der Waals surface area contributed by atoms with Gasteiger partial charge in [0.05, 0.1) is 24.5 Å². The van der Waals surface area contributed by atoms with Crippen LogP contribution in [0.3, 0.4) is 0 Å². The van der Waals surface area contributed by atoms with Gasteiger partial charge < -0.3 is 14.2 Å². The summed E-state index contributed by atoms with van der Waals surface area (Å²) in [7, 11) is 3.90. The maximum Gasteiger partial charge on any atom is 0.228 e. The van der Waals surface area contributed by atoms with Crippen molar-refractivity contribution in [3.63, 3.8) is 0 Å². The van der Waals surface area contributed by atoms with Gasteiger partial charge in [-0.05, 0) is 57.0 Å². The number of carbonyl (C=O) groups excluding carboxylic acids is 1. The monoisotopic (exact) mass is 394 g/mol. The van der Waals surface area contributed by atoms with Gasteiger partial charge in [0.25, 0.3) is 0 Å². The molecule has 3 aliphatic rings. The van der Waals surface area contributed by atoms with Crippen LogP contribution in [0.1, 0.15) is 38.4 Å². The van der Waals surface area contributed by atoms with Crippen LogP contribution in [0.2, 0.25) is 0 Å². The van der Waals surface area contributed by atoms with Gasteiger partial charge in [0.15, 0.2) is 0 Å². The summed E-state index contributed by atoms with van der Waals surface area (Å²) in [5.74, 6) is 2.37. The predicted molar refractivity (Wildman–Crippen MR) is 112 cm³/mol. The lowest BCUT2D eigenvalue weighted by Crippen LogP contribution is -2.57. The van der Waals surface area contributed by atoms with Gasteiger partial charge in [-0.15, -0.1) is 0 Å². The van der Waals surface area contributed by atoms with Crippen molar-refractivity contribution in [2.24, 2.45) is 5.41 Å². The lowest BCUT2D eigenvalue weighted by Gasteiger charge is -2.50. The highest BCUT2D eigenvalue weighted by atomic mass is 16.5. The number of likely N-dealkylation sites (N-methyl/N-ethyl adjacent to an activating group) is 1. The minimum absolute atomic E-state index is 0.0792. The lowest BCUT2D eigenvalue weighted by molar-refractivity contribution is -0.139. The van der Waals surface area contributed by atoms with Crippen LogP contribution >= 0.6 is 0 Å². The van der Waals surface area contributed by atoms with Gasteiger partial charge in [-0.2, -0.15) is 0 Å². The first-order valence-electron chi connectivity index (χ1n) is 10.7. The molecular formula is C23H30N4O2. The molecule has 1 spiro atoms. The summed E-state index contributed by atoms with van der Waals surface area (Å²) >= 11 is 0. The lowest BCUT2D eigenvalue weighted by atomic mass is 9.83. The van der Waals surface area contributed by atoms with E-state index in [1.54, 1.807) is 7.11 Å². The summed E-state index contributed by atoms with van der Waals surface area (Å²) < 4.78 is 7.69. The molecule has 0 bridgehead atoms. The molecule has 2 aromatic rings. The van der Waals surface area contributed by atoms with Crippen LogP contribution in [0.25, 0.3) is 11.3 Å². The second-order valence-corrected chi connectivity index (χ2v) is 9.15. The molecule has 0 atom stereocenters. The van der Waals surface area contributed by atoms with E-state index in [2.05, 4.69) is 40.5 Å². The predicted octanol–water partition coefficient (Wildman–Crippen LogP) is 3.12. The van der Waals surface area contributed by atoms with E-state index in [-0.39, 0.29) is 11.0 Å². The largest absolute Gasteiger partial charge is 0.497 e. The zero-order valence-corrected chi connectivity index (χ0v) is 17.6. The molecular weight excluding hydrogens is 364 g/mol. The van der Waals surface area contributed by atoms with Crippen LogP contribution in [-0.2, 0) is 16.9 Å². The Morgan fingerprint density at radius 1 is 1.03 bits per heavy atom. The standard InChI is InChI=1S/C23H30N4O2/c1-22(8-9-22)21(28)26-12-10-23(11-13-26)20-24-16-19(27(20)15-14-25(23)2)17-4-6-18(29-3)7-5-17/h4-7,16H,8-15H2,1-3H3. The number of likely N-dealkylation sites (tertiary alicyclic amines) is 1. The minimum atomic E-state index is -0.0804. The number of ether oxygens (including phenoxy) is 1. The number of imidazole rings is 1. The Bertz CT molecular complexity index is 921. The summed E-state index contributed by atoms with van der Waals surface area (Å²) in [6.07, 6.45) is 6.00. The maximum atomic E-state index is 12.8. The fourth-order valence-corrected chi connectivity index (χ4v) is 5.07. The molecule has 0 N–H and O–H groups in total. The number of rotatable bonds is 3. The van der Waals surface area contributed by atoms with E-state index in [1.807, 2.05) is 18.3 Å². The number of methoxy groups -OCH3 is 1. The summed E-state index contributed by atoms with van der Waals surface area (Å²) in [4.78, 5) is 22.3. The maximum absolute atomic E-state index is 12.8. The molecule has 1 aromatic heterocycles. The molecule has 6 heteroatoms. The average Bonchev–Trinajstić information content (AvgIpc) is 3.35. The van der Waals surface area contributed by atoms with Crippen molar-refractivity contribution in [2.45, 2.75) is 44.7 Å². The number of aromatic nitrogens is 2. The molecule has 1 aromatic carbocycles. The number of fused-ring (bicyclic) bond motifs is 2. The summed E-state index contributed by atoms with van der Waals surface area (Å²) in [5, 5.41) is 0. The fraction of sp³-hybridized carbons (Fsp3) is 0.565. The van der Waals surface area contributed by atoms with Gasteiger partial charge in [-0.3, -0.25) is 9.69 Å². The second-order valence-electron chi connectivity index (χ2n) is 9.15. The Morgan fingerprint density at radius 2 is 1.72 bits per heavy atom. The Kier molecular flexibility index (Phi) is 4.24. The fourth-order valence-electron chi connectivity index (χ4n) is 5.07. The van der Waals surface area contributed by atoms with Crippen LogP contribution in [0.5, 0.6) is 5.75 Å². The third-order valence-electron chi connectivity index (χ3n) is 7.44. The van der Waals surface area contributed by atoms with E-state index in [1.165, 1.54) is 11.3 Å². The van der Waals surface area contributed by atoms with E-state index >= 15 is 0 Å². The number of hydrogen-bond donors (Lipinski definition) is 0. The Labute approximate surface area is 172 Å². The molecule has 5 rings (SSSR count). The molecule has 154 valence electrons. The van der Waals surface area contributed by atoms with E-state index in [4.69, 9.17) is 9.72 Å². The molecule has 1 amide bonds. The van der Waals surface area contributed by atoms with Crippen LogP contribution < -0.4 is 4.74 Å². The molecule has 1 aliphatic carbocycles. The van der Waals surface area contributed by atoms with Gasteiger partial charge in [0.1, 0.15) is 11.6 Å². The van der Waals surface area contributed by atoms with Gasteiger partial charge in [-0.1, -0.05) is 6.92 Å². The molecule has 2 aliphatic heterocycles. The Balaban J connectivity index is 1.43. The van der Waals surface area contributed by atoms with E-state index in [9.17, 15) is 4.79 Å². The molecule has 6 nitrogen and oxygen atoms in total. The number of piperidine rings is 1. The van der Waals surface area contributed by atoms with Gasteiger partial charge in [0.2, 0.25) is 5.91 Å². The number of benzene rings is 1. The first-order chi connectivity index (χ1) is 14.0. The van der Waals surface area contributed by atoms with E-state index in [0.29, 0.717) is 5.91 Å². The van der Waals surface area contributed by atoms with Crippen molar-refractivity contribution in [3.8, 4) is 17.0 Å². The Morgan fingerprint density at radius 3 is 2.34 bits per heavy atom. The van der Waals surface area contributed by atoms with Crippen molar-refractivity contribution in [1.29, 1.82) is 0 Å². The van der Waals surface area contributed by atoms with Gasteiger partial charge >= 0.3 is 0 Å². The topological polar surface area (TPSA) is 50.6 Å². The zero-order valence-electron chi connectivity index (χ0n) is 17.6. The highest BCUT2D eigenvalue weighted by Gasteiger charge is 2.51. The Hall–Kier alpha value is -2.34. The number of nitrogens with zero attached hydrogens (tertiary/aromatic N) is 4. The molecule has 3 heterocycles. The summed E-state index contributed by atoms with van der Waals surface area (Å²) in [6.45, 7) is 5.70. The third kappa shape index (κ3) is 2.88. The first kappa shape index (κ1) is 18.7. The number of carbonyl (C=O) groups is 1.